The van der Waals surface area contributed by atoms with E-state index in [9.17, 15) is 17.6 Å². The van der Waals surface area contributed by atoms with Crippen molar-refractivity contribution in [2.45, 2.75) is 37.8 Å². The molecule has 1 saturated heterocycles. The fourth-order valence-corrected chi connectivity index (χ4v) is 4.57. The van der Waals surface area contributed by atoms with Gasteiger partial charge < -0.3 is 14.2 Å². The Morgan fingerprint density at radius 3 is 2.47 bits per heavy atom. The van der Waals surface area contributed by atoms with Crippen LogP contribution in [-0.2, 0) is 26.1 Å². The molecule has 2 heterocycles. The standard InChI is InChI=1S/C22H23F3N4O4S/c1-3-20(30)28-4-5-33-13(10-28)11-29-19-9-15(23)12(2)6-18(19)27-22(29)21-16(24)7-14(8-17(21)25)34(26,31)32/h6-9,13H,3-5,10-11H2,1-2H3,(H2,26,31,32)/t13-/m1/s1. The van der Waals surface area contributed by atoms with Crippen molar-refractivity contribution in [1.29, 1.82) is 0 Å². The maximum Gasteiger partial charge on any atom is 0.238 e. The lowest BCUT2D eigenvalue weighted by Gasteiger charge is -2.33. The second kappa shape index (κ2) is 9.01. The fraction of sp³-hybridized carbons (Fsp3) is 0.364. The van der Waals surface area contributed by atoms with Crippen LogP contribution in [0.1, 0.15) is 18.9 Å². The third-order valence-electron chi connectivity index (χ3n) is 5.78. The number of halogens is 3. The number of amides is 1. The van der Waals surface area contributed by atoms with Gasteiger partial charge in [-0.3, -0.25) is 4.79 Å². The zero-order valence-corrected chi connectivity index (χ0v) is 19.3. The number of fused-ring (bicyclic) bond motifs is 1. The molecule has 8 nitrogen and oxygen atoms in total. The molecule has 0 unspecified atom stereocenters. The van der Waals surface area contributed by atoms with E-state index in [1.807, 2.05) is 0 Å². The zero-order chi connectivity index (χ0) is 24.8. The monoisotopic (exact) mass is 496 g/mol. The van der Waals surface area contributed by atoms with Crippen molar-refractivity contribution in [2.75, 3.05) is 19.7 Å². The number of morpholine rings is 1. The Morgan fingerprint density at radius 1 is 1.18 bits per heavy atom. The van der Waals surface area contributed by atoms with Gasteiger partial charge in [0, 0.05) is 25.6 Å². The highest BCUT2D eigenvalue weighted by Crippen LogP contribution is 2.32. The lowest BCUT2D eigenvalue weighted by atomic mass is 10.1. The summed E-state index contributed by atoms with van der Waals surface area (Å²) in [6.45, 7) is 4.25. The van der Waals surface area contributed by atoms with Gasteiger partial charge in [0.2, 0.25) is 15.9 Å². The molecular weight excluding hydrogens is 473 g/mol. The first-order chi connectivity index (χ1) is 16.0. The minimum atomic E-state index is -4.35. The number of nitrogens with zero attached hydrogens (tertiary/aromatic N) is 3. The molecule has 182 valence electrons. The Balaban J connectivity index is 1.85. The Kier molecular flexibility index (Phi) is 6.40. The number of rotatable bonds is 5. The van der Waals surface area contributed by atoms with Crippen LogP contribution in [0.25, 0.3) is 22.4 Å². The summed E-state index contributed by atoms with van der Waals surface area (Å²) in [4.78, 5) is 17.4. The second-order valence-corrected chi connectivity index (χ2v) is 9.69. The van der Waals surface area contributed by atoms with Gasteiger partial charge in [0.05, 0.1) is 40.7 Å². The molecule has 1 aliphatic rings. The van der Waals surface area contributed by atoms with Crippen molar-refractivity contribution >= 4 is 27.0 Å². The lowest BCUT2D eigenvalue weighted by Crippen LogP contribution is -2.46. The normalized spacial score (nSPS) is 16.9. The molecule has 12 heteroatoms. The van der Waals surface area contributed by atoms with E-state index < -0.39 is 44.0 Å². The molecule has 1 aromatic heterocycles. The molecule has 0 saturated carbocycles. The van der Waals surface area contributed by atoms with Gasteiger partial charge >= 0.3 is 0 Å². The van der Waals surface area contributed by atoms with E-state index in [1.54, 1.807) is 11.8 Å². The largest absolute Gasteiger partial charge is 0.373 e. The molecule has 0 aliphatic carbocycles. The molecule has 4 rings (SSSR count). The number of aromatic nitrogens is 2. The molecule has 2 N–H and O–H groups in total. The third kappa shape index (κ3) is 4.52. The SMILES string of the molecule is CCC(=O)N1CCO[C@@H](Cn2c(-c3c(F)cc(S(N)(=O)=O)cc3F)nc3cc(C)c(F)cc32)C1. The molecule has 3 aromatic rings. The van der Waals surface area contributed by atoms with Gasteiger partial charge in [-0.05, 0) is 30.7 Å². The first-order valence-corrected chi connectivity index (χ1v) is 12.1. The highest BCUT2D eigenvalue weighted by Gasteiger charge is 2.28. The fourth-order valence-electron chi connectivity index (χ4n) is 4.04. The summed E-state index contributed by atoms with van der Waals surface area (Å²) in [5.74, 6) is -3.13. The van der Waals surface area contributed by atoms with Gasteiger partial charge in [0.15, 0.2) is 0 Å². The van der Waals surface area contributed by atoms with Crippen LogP contribution in [0, 0.1) is 24.4 Å². The number of imidazole rings is 1. The molecule has 0 bridgehead atoms. The Bertz CT molecular complexity index is 1370. The highest BCUT2D eigenvalue weighted by atomic mass is 32.2. The predicted molar refractivity (Wildman–Crippen MR) is 118 cm³/mol. The molecule has 1 atom stereocenters. The number of primary sulfonamides is 1. The summed E-state index contributed by atoms with van der Waals surface area (Å²) in [7, 11) is -4.35. The topological polar surface area (TPSA) is 108 Å². The van der Waals surface area contributed by atoms with Crippen LogP contribution in [0.15, 0.2) is 29.2 Å². The number of hydrogen-bond donors (Lipinski definition) is 1. The summed E-state index contributed by atoms with van der Waals surface area (Å²) in [5.41, 5.74) is 0.275. The molecule has 0 radical (unpaired) electrons. The van der Waals surface area contributed by atoms with Gasteiger partial charge in [0.1, 0.15) is 23.3 Å². The van der Waals surface area contributed by atoms with Crippen LogP contribution < -0.4 is 5.14 Å². The number of carbonyl (C=O) groups excluding carboxylic acids is 1. The van der Waals surface area contributed by atoms with E-state index >= 15 is 8.78 Å². The summed E-state index contributed by atoms with van der Waals surface area (Å²) < 4.78 is 74.8. The molecule has 1 fully saturated rings. The van der Waals surface area contributed by atoms with Crippen molar-refractivity contribution in [3.8, 4) is 11.4 Å². The zero-order valence-electron chi connectivity index (χ0n) is 18.5. The molecule has 0 spiro atoms. The minimum Gasteiger partial charge on any atom is -0.373 e. The van der Waals surface area contributed by atoms with E-state index in [1.165, 1.54) is 23.6 Å². The van der Waals surface area contributed by atoms with Gasteiger partial charge in [0.25, 0.3) is 0 Å². The molecule has 2 aromatic carbocycles. The van der Waals surface area contributed by atoms with Crippen molar-refractivity contribution in [3.63, 3.8) is 0 Å². The molecule has 1 amide bonds. The smallest absolute Gasteiger partial charge is 0.238 e. The molecule has 34 heavy (non-hydrogen) atoms. The maximum absolute atomic E-state index is 15.0. The Labute approximate surface area is 194 Å². The van der Waals surface area contributed by atoms with Gasteiger partial charge in [-0.2, -0.15) is 0 Å². The van der Waals surface area contributed by atoms with E-state index in [4.69, 9.17) is 9.88 Å². The number of hydrogen-bond acceptors (Lipinski definition) is 5. The first kappa shape index (κ1) is 24.2. The van der Waals surface area contributed by atoms with E-state index in [2.05, 4.69) is 4.98 Å². The Morgan fingerprint density at radius 2 is 1.85 bits per heavy atom. The number of benzene rings is 2. The minimum absolute atomic E-state index is 0.0254. The second-order valence-electron chi connectivity index (χ2n) is 8.13. The highest BCUT2D eigenvalue weighted by molar-refractivity contribution is 7.89. The number of nitrogens with two attached hydrogens (primary N) is 1. The van der Waals surface area contributed by atoms with Gasteiger partial charge in [-0.15, -0.1) is 0 Å². The summed E-state index contributed by atoms with van der Waals surface area (Å²) in [6.07, 6.45) is -0.219. The van der Waals surface area contributed by atoms with Gasteiger partial charge in [-0.25, -0.2) is 31.7 Å². The number of aryl methyl sites for hydroxylation is 1. The maximum atomic E-state index is 15.0. The van der Waals surface area contributed by atoms with Crippen LogP contribution in [0.5, 0.6) is 0 Å². The Hall–Kier alpha value is -2.96. The number of sulfonamides is 1. The summed E-state index contributed by atoms with van der Waals surface area (Å²) in [6, 6.07) is 3.89. The summed E-state index contributed by atoms with van der Waals surface area (Å²) in [5, 5.41) is 5.01. The summed E-state index contributed by atoms with van der Waals surface area (Å²) >= 11 is 0. The first-order valence-electron chi connectivity index (χ1n) is 10.6. The number of ether oxygens (including phenoxy) is 1. The van der Waals surface area contributed by atoms with Crippen molar-refractivity contribution < 1.29 is 31.1 Å². The molecule has 1 aliphatic heterocycles. The van der Waals surface area contributed by atoms with Crippen LogP contribution in [0.3, 0.4) is 0 Å². The average Bonchev–Trinajstić information content (AvgIpc) is 3.09. The van der Waals surface area contributed by atoms with Crippen molar-refractivity contribution in [1.82, 2.24) is 14.5 Å². The average molecular weight is 497 g/mol. The van der Waals surface area contributed by atoms with E-state index in [0.29, 0.717) is 36.2 Å². The lowest BCUT2D eigenvalue weighted by molar-refractivity contribution is -0.138. The van der Waals surface area contributed by atoms with E-state index in [0.717, 1.165) is 0 Å². The van der Waals surface area contributed by atoms with Crippen LogP contribution in [0.2, 0.25) is 0 Å². The van der Waals surface area contributed by atoms with Crippen molar-refractivity contribution in [3.05, 3.63) is 47.3 Å². The molecular formula is C22H23F3N4O4S. The quantitative estimate of drug-likeness (QED) is 0.585. The van der Waals surface area contributed by atoms with Crippen LogP contribution in [-0.4, -0.2) is 54.6 Å². The predicted octanol–water partition coefficient (Wildman–Crippen LogP) is 2.71. The third-order valence-corrected chi connectivity index (χ3v) is 6.67. The van der Waals surface area contributed by atoms with E-state index in [-0.39, 0.29) is 36.9 Å². The van der Waals surface area contributed by atoms with Crippen LogP contribution in [0.4, 0.5) is 13.2 Å². The van der Waals surface area contributed by atoms with Gasteiger partial charge in [-0.1, -0.05) is 6.92 Å². The van der Waals surface area contributed by atoms with Crippen LogP contribution >= 0.6 is 0 Å². The number of carbonyl (C=O) groups is 1. The van der Waals surface area contributed by atoms with Crippen molar-refractivity contribution in [2.24, 2.45) is 5.14 Å².